The number of nitrogens with two attached hydrogens (primary N) is 1. The van der Waals surface area contributed by atoms with Gasteiger partial charge in [-0.05, 0) is 48.9 Å². The van der Waals surface area contributed by atoms with Crippen LogP contribution in [-0.4, -0.2) is 20.4 Å². The van der Waals surface area contributed by atoms with Crippen molar-refractivity contribution in [3.8, 4) is 0 Å². The van der Waals surface area contributed by atoms with Crippen molar-refractivity contribution < 1.29 is 4.79 Å². The fourth-order valence-electron chi connectivity index (χ4n) is 4.02. The van der Waals surface area contributed by atoms with Crippen LogP contribution in [0, 0.1) is 0 Å². The van der Waals surface area contributed by atoms with Crippen LogP contribution in [0.5, 0.6) is 0 Å². The first kappa shape index (κ1) is 21.5. The van der Waals surface area contributed by atoms with Gasteiger partial charge in [0.25, 0.3) is 5.56 Å². The smallest absolute Gasteiger partial charge is 0.294 e. The molecule has 4 N–H and O–H groups in total. The van der Waals surface area contributed by atoms with Crippen molar-refractivity contribution in [2.24, 2.45) is 0 Å². The van der Waals surface area contributed by atoms with Crippen LogP contribution in [0.15, 0.2) is 53.6 Å². The van der Waals surface area contributed by atoms with E-state index in [2.05, 4.69) is 39.7 Å². The molecule has 1 aliphatic heterocycles. The summed E-state index contributed by atoms with van der Waals surface area (Å²) in [5.74, 6) is 0.492. The Bertz CT molecular complexity index is 1170. The number of nitrogen functional groups attached to an aromatic ring is 1. The molecule has 0 radical (unpaired) electrons. The highest BCUT2D eigenvalue weighted by atomic mass is 16.2. The number of carbonyl (C=O) groups is 1. The minimum absolute atomic E-state index is 0.192. The summed E-state index contributed by atoms with van der Waals surface area (Å²) >= 11 is 0. The highest BCUT2D eigenvalue weighted by molar-refractivity contribution is 5.81. The number of aryl methyl sites for hydroxylation is 2. The van der Waals surface area contributed by atoms with E-state index in [9.17, 15) is 9.59 Å². The zero-order valence-corrected chi connectivity index (χ0v) is 18.3. The number of rotatable bonds is 7. The van der Waals surface area contributed by atoms with E-state index in [1.807, 2.05) is 25.1 Å². The number of amides is 1. The highest BCUT2D eigenvalue weighted by Crippen LogP contribution is 2.25. The number of aromatic nitrogens is 3. The zero-order chi connectivity index (χ0) is 22.7. The molecule has 4 rings (SSSR count). The lowest BCUT2D eigenvalue weighted by Gasteiger charge is -2.19. The summed E-state index contributed by atoms with van der Waals surface area (Å²) in [6, 6.07) is 10.9. The van der Waals surface area contributed by atoms with Crippen molar-refractivity contribution >= 4 is 17.5 Å². The van der Waals surface area contributed by atoms with Crippen molar-refractivity contribution in [2.45, 2.75) is 51.7 Å². The van der Waals surface area contributed by atoms with Gasteiger partial charge in [0, 0.05) is 24.6 Å². The molecule has 0 aliphatic carbocycles. The molecule has 0 bridgehead atoms. The Hall–Kier alpha value is -3.68. The minimum Gasteiger partial charge on any atom is -0.384 e. The van der Waals surface area contributed by atoms with Gasteiger partial charge in [0.1, 0.15) is 11.9 Å². The molecule has 0 spiro atoms. The molecule has 3 heterocycles. The van der Waals surface area contributed by atoms with Crippen LogP contribution in [0.25, 0.3) is 0 Å². The van der Waals surface area contributed by atoms with E-state index in [-0.39, 0.29) is 23.3 Å². The second kappa shape index (κ2) is 9.21. The zero-order valence-electron chi connectivity index (χ0n) is 18.3. The van der Waals surface area contributed by atoms with Gasteiger partial charge in [-0.1, -0.05) is 37.3 Å². The van der Waals surface area contributed by atoms with Crippen LogP contribution in [-0.2, 0) is 24.2 Å². The number of pyridine rings is 1. The maximum Gasteiger partial charge on any atom is 0.294 e. The van der Waals surface area contributed by atoms with Crippen LogP contribution in [0.1, 0.15) is 54.7 Å². The number of hydrogen-bond donors (Lipinski definition) is 3. The van der Waals surface area contributed by atoms with Crippen molar-refractivity contribution in [1.82, 2.24) is 19.9 Å². The average Bonchev–Trinajstić information content (AvgIpc) is 3.24. The summed E-state index contributed by atoms with van der Waals surface area (Å²) < 4.78 is 1.57. The topological polar surface area (TPSA) is 115 Å². The summed E-state index contributed by atoms with van der Waals surface area (Å²) in [4.78, 5) is 34.6. The van der Waals surface area contributed by atoms with E-state index in [1.54, 1.807) is 23.0 Å². The third-order valence-electron chi connectivity index (χ3n) is 5.89. The molecule has 8 nitrogen and oxygen atoms in total. The van der Waals surface area contributed by atoms with Gasteiger partial charge in [0.2, 0.25) is 5.91 Å². The van der Waals surface area contributed by atoms with Crippen molar-refractivity contribution in [1.29, 1.82) is 0 Å². The van der Waals surface area contributed by atoms with E-state index in [1.165, 1.54) is 5.56 Å². The van der Waals surface area contributed by atoms with E-state index < -0.39 is 6.04 Å². The molecule has 1 aliphatic rings. The Morgan fingerprint density at radius 2 is 2.03 bits per heavy atom. The Morgan fingerprint density at radius 1 is 1.22 bits per heavy atom. The molecule has 32 heavy (non-hydrogen) atoms. The van der Waals surface area contributed by atoms with E-state index in [4.69, 9.17) is 5.73 Å². The molecule has 1 aromatic carbocycles. The van der Waals surface area contributed by atoms with E-state index >= 15 is 0 Å². The van der Waals surface area contributed by atoms with Gasteiger partial charge in [0.15, 0.2) is 5.82 Å². The van der Waals surface area contributed by atoms with Gasteiger partial charge in [-0.15, -0.1) is 0 Å². The molecule has 3 aromatic rings. The number of benzene rings is 1. The molecular weight excluding hydrogens is 404 g/mol. The second-order valence-corrected chi connectivity index (χ2v) is 8.10. The molecule has 8 heteroatoms. The van der Waals surface area contributed by atoms with Gasteiger partial charge >= 0.3 is 0 Å². The lowest BCUT2D eigenvalue weighted by molar-refractivity contribution is -0.124. The van der Waals surface area contributed by atoms with Crippen LogP contribution < -0.4 is 21.9 Å². The third-order valence-corrected chi connectivity index (χ3v) is 5.89. The van der Waals surface area contributed by atoms with Gasteiger partial charge in [0.05, 0.1) is 6.04 Å². The van der Waals surface area contributed by atoms with E-state index in [0.717, 1.165) is 23.2 Å². The Morgan fingerprint density at radius 3 is 2.78 bits per heavy atom. The fraction of sp³-hybridized carbons (Fsp3) is 0.333. The predicted octanol–water partition coefficient (Wildman–Crippen LogP) is 2.76. The van der Waals surface area contributed by atoms with Crippen LogP contribution >= 0.6 is 0 Å². The number of carbonyl (C=O) groups excluding carboxylic acids is 1. The van der Waals surface area contributed by atoms with Gasteiger partial charge in [-0.2, -0.15) is 0 Å². The number of nitrogens with zero attached hydrogens (tertiary/aromatic N) is 3. The molecule has 0 fully saturated rings. The normalized spacial score (nSPS) is 15.8. The summed E-state index contributed by atoms with van der Waals surface area (Å²) in [5, 5.41) is 6.14. The molecule has 166 valence electrons. The summed E-state index contributed by atoms with van der Waals surface area (Å²) in [5.41, 5.74) is 9.32. The molecule has 2 atom stereocenters. The van der Waals surface area contributed by atoms with Gasteiger partial charge < -0.3 is 16.4 Å². The number of hydrogen-bond acceptors (Lipinski definition) is 6. The Labute approximate surface area is 186 Å². The fourth-order valence-corrected chi connectivity index (χ4v) is 4.02. The van der Waals surface area contributed by atoms with Crippen LogP contribution in [0.4, 0.5) is 11.6 Å². The standard InChI is InChI=1S/C24H28N6O2/c1-3-16-5-4-6-17(11-16)12-27-22-24(32)30-19(14-28-22)8-9-20(30)23(31)29-15(2)18-7-10-21(25)26-13-18/h4-7,10-11,13-15,20H,3,8-9,12H2,1-2H3,(H2,25,26)(H,27,28)(H,29,31)/t15-,20+/m1/s1. The quantitative estimate of drug-likeness (QED) is 0.529. The number of nitrogens with one attached hydrogen (secondary N) is 2. The second-order valence-electron chi connectivity index (χ2n) is 8.10. The summed E-state index contributed by atoms with van der Waals surface area (Å²) in [7, 11) is 0. The van der Waals surface area contributed by atoms with Crippen LogP contribution in [0.2, 0.25) is 0 Å². The average molecular weight is 433 g/mol. The molecular formula is C24H28N6O2. The third kappa shape index (κ3) is 4.49. The van der Waals surface area contributed by atoms with Gasteiger partial charge in [-0.25, -0.2) is 9.97 Å². The molecule has 2 aromatic heterocycles. The first-order valence-electron chi connectivity index (χ1n) is 10.9. The van der Waals surface area contributed by atoms with Crippen molar-refractivity contribution in [2.75, 3.05) is 11.1 Å². The molecule has 1 amide bonds. The summed E-state index contributed by atoms with van der Waals surface area (Å²) in [6.07, 6.45) is 5.49. The number of anilines is 2. The largest absolute Gasteiger partial charge is 0.384 e. The Kier molecular flexibility index (Phi) is 6.20. The summed E-state index contributed by atoms with van der Waals surface area (Å²) in [6.45, 7) is 4.48. The van der Waals surface area contributed by atoms with Crippen molar-refractivity contribution in [3.63, 3.8) is 0 Å². The lowest BCUT2D eigenvalue weighted by atomic mass is 10.1. The minimum atomic E-state index is -0.561. The first-order chi connectivity index (χ1) is 15.5. The monoisotopic (exact) mass is 432 g/mol. The van der Waals surface area contributed by atoms with Crippen molar-refractivity contribution in [3.05, 3.63) is 81.5 Å². The lowest BCUT2D eigenvalue weighted by Crippen LogP contribution is -2.37. The maximum absolute atomic E-state index is 13.1. The van der Waals surface area contributed by atoms with Crippen LogP contribution in [0.3, 0.4) is 0 Å². The Balaban J connectivity index is 1.49. The number of fused-ring (bicyclic) bond motifs is 1. The SMILES string of the molecule is CCc1cccc(CNc2ncc3n(c2=O)[C@H](C(=O)N[C@H](C)c2ccc(N)nc2)CC3)c1. The molecule has 0 unspecified atom stereocenters. The van der Waals surface area contributed by atoms with Gasteiger partial charge in [-0.3, -0.25) is 14.2 Å². The molecule has 0 saturated heterocycles. The first-order valence-corrected chi connectivity index (χ1v) is 10.9. The maximum atomic E-state index is 13.1. The highest BCUT2D eigenvalue weighted by Gasteiger charge is 2.31. The van der Waals surface area contributed by atoms with E-state index in [0.29, 0.717) is 25.2 Å². The molecule has 0 saturated carbocycles. The predicted molar refractivity (Wildman–Crippen MR) is 124 cm³/mol.